The van der Waals surface area contributed by atoms with Crippen molar-refractivity contribution in [1.82, 2.24) is 0 Å². The highest BCUT2D eigenvalue weighted by Gasteiger charge is 2.48. The minimum atomic E-state index is -0.647. The molecule has 0 unspecified atom stereocenters. The molecule has 5 atom stereocenters. The van der Waals surface area contributed by atoms with Gasteiger partial charge in [-0.25, -0.2) is 0 Å². The van der Waals surface area contributed by atoms with E-state index < -0.39 is 17.8 Å². The molecule has 0 aliphatic heterocycles. The van der Waals surface area contributed by atoms with Gasteiger partial charge in [0.2, 0.25) is 0 Å². The summed E-state index contributed by atoms with van der Waals surface area (Å²) in [5.41, 5.74) is 3.19. The highest BCUT2D eigenvalue weighted by molar-refractivity contribution is 5.30. The van der Waals surface area contributed by atoms with Gasteiger partial charge in [-0.15, -0.1) is 0 Å². The first-order chi connectivity index (χ1) is 15.1. The van der Waals surface area contributed by atoms with Gasteiger partial charge in [-0.05, 0) is 101 Å². The molecule has 4 nitrogen and oxygen atoms in total. The quantitative estimate of drug-likeness (QED) is 0.305. The topological polar surface area (TPSA) is 80.9 Å². The summed E-state index contributed by atoms with van der Waals surface area (Å²) in [4.78, 5) is 0. The largest absolute Gasteiger partial charge is 0.396 e. The molecule has 3 saturated carbocycles. The van der Waals surface area contributed by atoms with Gasteiger partial charge in [0, 0.05) is 6.61 Å². The van der Waals surface area contributed by atoms with Crippen LogP contribution in [0.3, 0.4) is 0 Å². The number of aliphatic hydroxyl groups is 4. The third kappa shape index (κ3) is 6.34. The van der Waals surface area contributed by atoms with Gasteiger partial charge in [0.25, 0.3) is 0 Å². The molecule has 3 fully saturated rings. The molecule has 0 aromatic carbocycles. The van der Waals surface area contributed by atoms with Gasteiger partial charge in [-0.3, -0.25) is 0 Å². The molecule has 32 heavy (non-hydrogen) atoms. The maximum atomic E-state index is 10.5. The van der Waals surface area contributed by atoms with Crippen molar-refractivity contribution in [3.8, 4) is 0 Å². The zero-order valence-electron chi connectivity index (χ0n) is 20.5. The molecule has 0 aromatic rings. The van der Waals surface area contributed by atoms with E-state index in [9.17, 15) is 15.3 Å². The minimum Gasteiger partial charge on any atom is -0.396 e. The van der Waals surface area contributed by atoms with Gasteiger partial charge < -0.3 is 20.4 Å². The number of allylic oxidation sites excluding steroid dienone is 3. The van der Waals surface area contributed by atoms with Crippen LogP contribution in [-0.4, -0.2) is 44.8 Å². The standard InChI is InChI=1S/C28H46O4/c1-27(2,32)15-5-4-9-22-13-14-24-21(8-6-16-28(22,24)3)12-11-20-18-25(30)23(10-7-17-29)26(31)19-20/h10-12,22,24-26,29-32H,4-9,13-19H2,1-3H3/b20-11?,21-12+,23-10?/t22-,24-,25+,26+,28+/m0/s1. The summed E-state index contributed by atoms with van der Waals surface area (Å²) in [6, 6.07) is 0. The van der Waals surface area contributed by atoms with E-state index in [0.717, 1.165) is 24.3 Å². The van der Waals surface area contributed by atoms with Gasteiger partial charge >= 0.3 is 0 Å². The number of hydrogen-bond donors (Lipinski definition) is 4. The van der Waals surface area contributed by atoms with E-state index in [2.05, 4.69) is 19.1 Å². The molecule has 0 radical (unpaired) electrons. The second kappa shape index (κ2) is 11.0. The van der Waals surface area contributed by atoms with Crippen LogP contribution in [0.1, 0.15) is 97.8 Å². The second-order valence-corrected chi connectivity index (χ2v) is 11.5. The molecular formula is C28H46O4. The first-order valence-electron chi connectivity index (χ1n) is 12.9. The summed E-state index contributed by atoms with van der Waals surface area (Å²) >= 11 is 0. The Balaban J connectivity index is 1.62. The monoisotopic (exact) mass is 446 g/mol. The van der Waals surface area contributed by atoms with Crippen LogP contribution in [0.5, 0.6) is 0 Å². The van der Waals surface area contributed by atoms with Crippen LogP contribution in [0.15, 0.2) is 34.9 Å². The van der Waals surface area contributed by atoms with Crippen molar-refractivity contribution < 1.29 is 20.4 Å². The summed E-state index contributed by atoms with van der Waals surface area (Å²) in [5, 5.41) is 39.9. The maximum absolute atomic E-state index is 10.5. The van der Waals surface area contributed by atoms with Crippen LogP contribution in [0.25, 0.3) is 0 Å². The fraction of sp³-hybridized carbons (Fsp3) is 0.786. The highest BCUT2D eigenvalue weighted by Crippen LogP contribution is 2.58. The summed E-state index contributed by atoms with van der Waals surface area (Å²) < 4.78 is 0. The molecular weight excluding hydrogens is 400 g/mol. The Morgan fingerprint density at radius 1 is 1.06 bits per heavy atom. The lowest BCUT2D eigenvalue weighted by Crippen LogP contribution is -2.33. The normalized spacial score (nSPS) is 34.7. The predicted octanol–water partition coefficient (Wildman–Crippen LogP) is 5.21. The lowest BCUT2D eigenvalue weighted by molar-refractivity contribution is 0.0659. The molecule has 3 aliphatic rings. The average Bonchev–Trinajstić information content (AvgIpc) is 3.05. The van der Waals surface area contributed by atoms with Crippen molar-refractivity contribution >= 4 is 0 Å². The van der Waals surface area contributed by atoms with Crippen molar-refractivity contribution in [2.45, 2.75) is 116 Å². The Morgan fingerprint density at radius 3 is 2.44 bits per heavy atom. The Labute approximate surface area is 195 Å². The van der Waals surface area contributed by atoms with E-state index in [1.165, 1.54) is 44.9 Å². The summed E-state index contributed by atoms with van der Waals surface area (Å²) in [7, 11) is 0. The second-order valence-electron chi connectivity index (χ2n) is 11.5. The van der Waals surface area contributed by atoms with Crippen molar-refractivity contribution in [3.05, 3.63) is 34.9 Å². The fourth-order valence-corrected chi connectivity index (χ4v) is 6.67. The van der Waals surface area contributed by atoms with Crippen LogP contribution >= 0.6 is 0 Å². The number of hydrogen-bond acceptors (Lipinski definition) is 4. The number of aliphatic hydroxyl groups excluding tert-OH is 3. The van der Waals surface area contributed by atoms with Crippen molar-refractivity contribution in [2.24, 2.45) is 17.3 Å². The molecule has 4 heteroatoms. The molecule has 3 aliphatic carbocycles. The first-order valence-corrected chi connectivity index (χ1v) is 12.9. The maximum Gasteiger partial charge on any atom is 0.0812 e. The van der Waals surface area contributed by atoms with E-state index in [4.69, 9.17) is 5.11 Å². The molecule has 182 valence electrons. The third-order valence-corrected chi connectivity index (χ3v) is 8.48. The van der Waals surface area contributed by atoms with Crippen LogP contribution in [-0.2, 0) is 0 Å². The van der Waals surface area contributed by atoms with Crippen molar-refractivity contribution in [1.29, 1.82) is 0 Å². The molecule has 0 bridgehead atoms. The van der Waals surface area contributed by atoms with Crippen LogP contribution in [0.4, 0.5) is 0 Å². The van der Waals surface area contributed by atoms with Crippen LogP contribution in [0.2, 0.25) is 0 Å². The highest BCUT2D eigenvalue weighted by atomic mass is 16.3. The fourth-order valence-electron chi connectivity index (χ4n) is 6.67. The number of rotatable bonds is 8. The third-order valence-electron chi connectivity index (χ3n) is 8.48. The SMILES string of the molecule is CC(C)(O)CCCC[C@H]1CC[C@H]2/C(=C/C=C3C[C@@H](O)C(=CCCO)[C@H](O)C3)CCC[C@]12C. The van der Waals surface area contributed by atoms with E-state index >= 15 is 0 Å². The summed E-state index contributed by atoms with van der Waals surface area (Å²) in [6.45, 7) is 6.36. The zero-order valence-corrected chi connectivity index (χ0v) is 20.5. The van der Waals surface area contributed by atoms with Gasteiger partial charge in [-0.1, -0.05) is 49.1 Å². The van der Waals surface area contributed by atoms with Crippen LogP contribution < -0.4 is 0 Å². The Kier molecular flexibility index (Phi) is 8.82. The molecule has 0 heterocycles. The Hall–Kier alpha value is -0.940. The summed E-state index contributed by atoms with van der Waals surface area (Å²) in [5.74, 6) is 1.44. The van der Waals surface area contributed by atoms with Gasteiger partial charge in [-0.2, -0.15) is 0 Å². The average molecular weight is 447 g/mol. The Bertz CT molecular complexity index is 697. The van der Waals surface area contributed by atoms with E-state index in [1.54, 1.807) is 11.6 Å². The lowest BCUT2D eigenvalue weighted by Gasteiger charge is -2.42. The summed E-state index contributed by atoms with van der Waals surface area (Å²) in [6.07, 6.45) is 17.4. The number of fused-ring (bicyclic) bond motifs is 1. The predicted molar refractivity (Wildman–Crippen MR) is 130 cm³/mol. The van der Waals surface area contributed by atoms with Crippen molar-refractivity contribution in [2.75, 3.05) is 6.61 Å². The van der Waals surface area contributed by atoms with Gasteiger partial charge in [0.1, 0.15) is 0 Å². The van der Waals surface area contributed by atoms with Crippen LogP contribution in [0, 0.1) is 17.3 Å². The van der Waals surface area contributed by atoms with Gasteiger partial charge in [0.15, 0.2) is 0 Å². The smallest absolute Gasteiger partial charge is 0.0812 e. The zero-order chi connectivity index (χ0) is 23.4. The molecule has 0 spiro atoms. The van der Waals surface area contributed by atoms with E-state index in [0.29, 0.717) is 36.2 Å². The Morgan fingerprint density at radius 2 is 1.78 bits per heavy atom. The first kappa shape index (κ1) is 25.7. The lowest BCUT2D eigenvalue weighted by atomic mass is 9.62. The number of unbranched alkanes of at least 4 members (excludes halogenated alkanes) is 1. The molecule has 3 rings (SSSR count). The minimum absolute atomic E-state index is 0.0400. The van der Waals surface area contributed by atoms with Gasteiger partial charge in [0.05, 0.1) is 17.8 Å². The molecule has 0 saturated heterocycles. The molecule has 4 N–H and O–H groups in total. The molecule has 0 amide bonds. The van der Waals surface area contributed by atoms with E-state index in [1.807, 2.05) is 13.8 Å². The van der Waals surface area contributed by atoms with Crippen molar-refractivity contribution in [3.63, 3.8) is 0 Å². The van der Waals surface area contributed by atoms with E-state index in [-0.39, 0.29) is 6.61 Å². The molecule has 0 aromatic heterocycles.